The fourth-order valence-electron chi connectivity index (χ4n) is 8.32. The number of likely N-dealkylation sites (tertiary alicyclic amines) is 1. The lowest BCUT2D eigenvalue weighted by Gasteiger charge is -2.50. The van der Waals surface area contributed by atoms with Gasteiger partial charge in [0.25, 0.3) is 0 Å². The molecular weight excluding hydrogens is 690 g/mol. The van der Waals surface area contributed by atoms with Gasteiger partial charge in [-0.2, -0.15) is 0 Å². The van der Waals surface area contributed by atoms with Crippen LogP contribution in [0.4, 0.5) is 5.69 Å². The molecule has 2 saturated heterocycles. The first-order valence-electron chi connectivity index (χ1n) is 18.8. The molecule has 1 amide bonds. The predicted octanol–water partition coefficient (Wildman–Crippen LogP) is 5.68. The third-order valence-corrected chi connectivity index (χ3v) is 13.5. The average molecular weight is 746 g/mol. The van der Waals surface area contributed by atoms with Gasteiger partial charge in [0.2, 0.25) is 5.91 Å². The molecule has 3 aliphatic heterocycles. The zero-order valence-electron chi connectivity index (χ0n) is 30.3. The number of methoxy groups -OCH3 is 1. The quantitative estimate of drug-likeness (QED) is 0.250. The Labute approximate surface area is 310 Å². The lowest BCUT2D eigenvalue weighted by atomic mass is 9.65. The van der Waals surface area contributed by atoms with E-state index in [1.807, 2.05) is 44.2 Å². The van der Waals surface area contributed by atoms with E-state index in [0.29, 0.717) is 37.2 Å². The topological polar surface area (TPSA) is 121 Å². The molecule has 2 N–H and O–H groups in total. The summed E-state index contributed by atoms with van der Waals surface area (Å²) < 4.78 is 48.4. The van der Waals surface area contributed by atoms with Crippen LogP contribution in [0, 0.1) is 23.7 Å². The number of aryl methyl sites for hydroxylation is 1. The number of benzene rings is 2. The number of hydrogen-bond acceptors (Lipinski definition) is 9. The minimum atomic E-state index is -2.44. The number of anilines is 1. The Hall–Kier alpha value is -2.41. The van der Waals surface area contributed by atoms with E-state index in [2.05, 4.69) is 9.80 Å². The van der Waals surface area contributed by atoms with Crippen LogP contribution in [0.3, 0.4) is 0 Å². The highest BCUT2D eigenvalue weighted by atomic mass is 35.5. The number of ether oxygens (including phenoxy) is 4. The molecule has 1 saturated carbocycles. The number of thiol groups is 1. The highest BCUT2D eigenvalue weighted by Crippen LogP contribution is 2.46. The molecule has 282 valence electrons. The van der Waals surface area contributed by atoms with E-state index in [1.54, 1.807) is 13.2 Å². The maximum atomic E-state index is 12.4. The van der Waals surface area contributed by atoms with Crippen molar-refractivity contribution in [3.8, 4) is 5.75 Å². The Morgan fingerprint density at radius 1 is 1.04 bits per heavy atom. The van der Waals surface area contributed by atoms with Gasteiger partial charge in [-0.25, -0.2) is 8.42 Å². The summed E-state index contributed by atoms with van der Waals surface area (Å²) >= 11 is 6.37. The predicted molar refractivity (Wildman–Crippen MR) is 200 cm³/mol. The summed E-state index contributed by atoms with van der Waals surface area (Å²) in [4.78, 5) is 17.1. The summed E-state index contributed by atoms with van der Waals surface area (Å²) in [5, 5.41) is 0.390. The maximum Gasteiger partial charge on any atom is 0.248 e. The minimum absolute atomic E-state index is 0.0953. The van der Waals surface area contributed by atoms with Crippen molar-refractivity contribution in [2.24, 2.45) is 29.4 Å². The number of carbonyl (C=O) groups is 1. The fourth-order valence-corrected chi connectivity index (χ4v) is 9.08. The molecule has 10 nitrogen and oxygen atoms in total. The molecule has 0 spiro atoms. The van der Waals surface area contributed by atoms with Crippen LogP contribution in [0.2, 0.25) is 5.02 Å². The SMILES string of the molecule is COC1CN([C@H]2CO[C@@H]([C@H](CCC[C@H](C)[C@@H](C)[SH](=O)=O)[C@@H]3CC[C@H]3CN3CCCCc4cc(Cl)ccc4COc4ccc(C(N)=O)cc43)OC2)C1. The molecule has 0 unspecified atom stereocenters. The Balaban J connectivity index is 1.19. The number of rotatable bonds is 13. The third-order valence-electron chi connectivity index (χ3n) is 12.1. The normalized spacial score (nSPS) is 26.4. The fraction of sp³-hybridized carbons (Fsp3) is 0.667. The van der Waals surface area contributed by atoms with E-state index in [1.165, 1.54) is 5.56 Å². The molecule has 5 atom stereocenters. The molecule has 0 aromatic heterocycles. The summed E-state index contributed by atoms with van der Waals surface area (Å²) in [5.74, 6) is 1.37. The van der Waals surface area contributed by atoms with Crippen LogP contribution in [0.5, 0.6) is 5.75 Å². The van der Waals surface area contributed by atoms with Crippen LogP contribution in [0.25, 0.3) is 0 Å². The van der Waals surface area contributed by atoms with Crippen LogP contribution in [0.15, 0.2) is 36.4 Å². The van der Waals surface area contributed by atoms with Gasteiger partial charge in [-0.1, -0.05) is 31.0 Å². The zero-order valence-corrected chi connectivity index (χ0v) is 32.0. The van der Waals surface area contributed by atoms with E-state index in [0.717, 1.165) is 99.6 Å². The summed E-state index contributed by atoms with van der Waals surface area (Å²) in [5.41, 5.74) is 9.47. The highest BCUT2D eigenvalue weighted by Gasteiger charge is 2.44. The number of fused-ring (bicyclic) bond motifs is 2. The molecular formula is C39H56ClN3O7S. The van der Waals surface area contributed by atoms with E-state index in [4.69, 9.17) is 36.3 Å². The van der Waals surface area contributed by atoms with E-state index in [-0.39, 0.29) is 35.5 Å². The van der Waals surface area contributed by atoms with Crippen molar-refractivity contribution in [1.29, 1.82) is 0 Å². The molecule has 6 rings (SSSR count). The first kappa shape index (κ1) is 38.3. The first-order chi connectivity index (χ1) is 24.6. The molecule has 4 aliphatic rings. The van der Waals surface area contributed by atoms with Crippen molar-refractivity contribution >= 4 is 33.9 Å². The first-order valence-corrected chi connectivity index (χ1v) is 20.5. The monoisotopic (exact) mass is 745 g/mol. The lowest BCUT2D eigenvalue weighted by molar-refractivity contribution is -0.251. The van der Waals surface area contributed by atoms with Crippen molar-refractivity contribution in [2.45, 2.75) is 95.5 Å². The van der Waals surface area contributed by atoms with Crippen LogP contribution in [-0.2, 0) is 37.9 Å². The molecule has 3 fully saturated rings. The second kappa shape index (κ2) is 17.6. The number of amides is 1. The van der Waals surface area contributed by atoms with Gasteiger partial charge in [-0.3, -0.25) is 9.69 Å². The van der Waals surface area contributed by atoms with Gasteiger partial charge in [-0.05, 0) is 111 Å². The van der Waals surface area contributed by atoms with Crippen LogP contribution in [0.1, 0.15) is 80.3 Å². The Bertz CT molecular complexity index is 1550. The molecule has 3 heterocycles. The molecule has 51 heavy (non-hydrogen) atoms. The Kier molecular flexibility index (Phi) is 13.2. The maximum absolute atomic E-state index is 12.4. The van der Waals surface area contributed by atoms with Gasteiger partial charge in [0, 0.05) is 49.8 Å². The highest BCUT2D eigenvalue weighted by molar-refractivity contribution is 7.73. The van der Waals surface area contributed by atoms with Crippen LogP contribution >= 0.6 is 11.6 Å². The second-order valence-corrected chi connectivity index (χ2v) is 17.1. The lowest BCUT2D eigenvalue weighted by Crippen LogP contribution is -2.61. The Morgan fingerprint density at radius 3 is 2.51 bits per heavy atom. The van der Waals surface area contributed by atoms with Gasteiger partial charge in [-0.15, -0.1) is 0 Å². The molecule has 2 aromatic rings. The second-order valence-electron chi connectivity index (χ2n) is 15.3. The van der Waals surface area contributed by atoms with Gasteiger partial charge in [0.1, 0.15) is 23.1 Å². The number of nitrogens with two attached hydrogens (primary N) is 1. The van der Waals surface area contributed by atoms with Gasteiger partial charge >= 0.3 is 0 Å². The average Bonchev–Trinajstić information content (AvgIpc) is 3.12. The minimum Gasteiger partial charge on any atom is -0.487 e. The number of hydrogen-bond donors (Lipinski definition) is 2. The van der Waals surface area contributed by atoms with Gasteiger partial charge in [0.15, 0.2) is 6.29 Å². The zero-order chi connectivity index (χ0) is 36.1. The smallest absolute Gasteiger partial charge is 0.248 e. The van der Waals surface area contributed by atoms with Crippen molar-refractivity contribution in [2.75, 3.05) is 51.4 Å². The molecule has 12 heteroatoms. The summed E-state index contributed by atoms with van der Waals surface area (Å²) in [6.45, 7) is 8.99. The van der Waals surface area contributed by atoms with Crippen molar-refractivity contribution in [3.05, 3.63) is 58.1 Å². The molecule has 1 aliphatic carbocycles. The Morgan fingerprint density at radius 2 is 1.82 bits per heavy atom. The van der Waals surface area contributed by atoms with Crippen molar-refractivity contribution in [1.82, 2.24) is 4.90 Å². The van der Waals surface area contributed by atoms with Crippen molar-refractivity contribution in [3.63, 3.8) is 0 Å². The number of carbonyl (C=O) groups excluding carboxylic acids is 1. The summed E-state index contributed by atoms with van der Waals surface area (Å²) in [6, 6.07) is 11.8. The number of nitrogens with zero attached hydrogens (tertiary/aromatic N) is 2. The summed E-state index contributed by atoms with van der Waals surface area (Å²) in [6.07, 6.45) is 7.77. The third kappa shape index (κ3) is 9.40. The van der Waals surface area contributed by atoms with Crippen LogP contribution in [-0.4, -0.2) is 89.4 Å². The van der Waals surface area contributed by atoms with Crippen molar-refractivity contribution < 1.29 is 32.2 Å². The number of primary amides is 1. The van der Waals surface area contributed by atoms with Crippen LogP contribution < -0.4 is 15.4 Å². The summed E-state index contributed by atoms with van der Waals surface area (Å²) in [7, 11) is -0.683. The molecule has 0 radical (unpaired) electrons. The van der Waals surface area contributed by atoms with E-state index < -0.39 is 16.6 Å². The van der Waals surface area contributed by atoms with Gasteiger partial charge in [0.05, 0.1) is 36.3 Å². The van der Waals surface area contributed by atoms with E-state index in [9.17, 15) is 13.2 Å². The van der Waals surface area contributed by atoms with Gasteiger partial charge < -0.3 is 29.6 Å². The largest absolute Gasteiger partial charge is 0.487 e. The molecule has 0 bridgehead atoms. The molecule has 2 aromatic carbocycles. The standard InChI is InChI=1S/C39H56ClN3O7S/c1-25(26(2)51(45)46)7-6-9-35(39-49-23-32(24-50-39)43-20-33(21-43)47-3)34-14-11-29(34)19-42-16-5-4-8-27-17-31(40)13-10-30(27)22-48-37-15-12-28(38(41)44)18-36(37)42/h10,12-13,15,17-18,25-26,29,32-35,39,51H,4-9,11,14,16,19-24H2,1-3H3,(H2,41,44)/t25-,26+,29-,32-,34+,35+,39+/m0/s1. The van der Waals surface area contributed by atoms with E-state index >= 15 is 0 Å². The number of halogens is 1.